The van der Waals surface area contributed by atoms with E-state index in [0.717, 1.165) is 17.5 Å². The zero-order chi connectivity index (χ0) is 26.6. The summed E-state index contributed by atoms with van der Waals surface area (Å²) in [6, 6.07) is 19.9. The van der Waals surface area contributed by atoms with E-state index in [1.54, 1.807) is 23.1 Å². The van der Waals surface area contributed by atoms with Crippen molar-refractivity contribution >= 4 is 29.3 Å². The molecular formula is C30H28N2O6. The van der Waals surface area contributed by atoms with Crippen molar-refractivity contribution in [2.75, 3.05) is 31.6 Å². The number of ether oxygens (including phenoxy) is 2. The molecule has 0 bridgehead atoms. The molecule has 1 aliphatic heterocycles. The van der Waals surface area contributed by atoms with Crippen LogP contribution in [0, 0.1) is 0 Å². The number of esters is 1. The van der Waals surface area contributed by atoms with Crippen LogP contribution in [0.2, 0.25) is 0 Å². The molecule has 3 aromatic rings. The molecule has 3 aromatic carbocycles. The second kappa shape index (κ2) is 11.0. The number of fused-ring (bicyclic) bond motifs is 3. The van der Waals surface area contributed by atoms with Gasteiger partial charge in [0.2, 0.25) is 5.91 Å². The van der Waals surface area contributed by atoms with Gasteiger partial charge in [-0.1, -0.05) is 36.4 Å². The fourth-order valence-corrected chi connectivity index (χ4v) is 4.84. The zero-order valence-electron chi connectivity index (χ0n) is 21.1. The number of hydrogen-bond acceptors (Lipinski definition) is 6. The van der Waals surface area contributed by atoms with E-state index in [9.17, 15) is 19.2 Å². The Labute approximate surface area is 220 Å². The van der Waals surface area contributed by atoms with Crippen molar-refractivity contribution < 1.29 is 28.7 Å². The first-order valence-electron chi connectivity index (χ1n) is 12.6. The number of carbonyl (C=O) groups excluding carboxylic acids is 4. The lowest BCUT2D eigenvalue weighted by Crippen LogP contribution is -2.48. The Bertz CT molecular complexity index is 1400. The number of Topliss-reactive ketones (excluding diaryl/α,β-unsaturated/α-hetero) is 1. The zero-order valence-corrected chi connectivity index (χ0v) is 21.1. The molecule has 5 rings (SSSR count). The number of anilines is 1. The van der Waals surface area contributed by atoms with Crippen molar-refractivity contribution in [1.82, 2.24) is 4.90 Å². The van der Waals surface area contributed by atoms with Gasteiger partial charge < -0.3 is 19.7 Å². The third-order valence-electron chi connectivity index (χ3n) is 6.87. The monoisotopic (exact) mass is 512 g/mol. The van der Waals surface area contributed by atoms with Crippen LogP contribution in [0.5, 0.6) is 0 Å². The smallest absolute Gasteiger partial charge is 0.338 e. The number of nitrogens with one attached hydrogen (secondary N) is 1. The van der Waals surface area contributed by atoms with E-state index in [1.807, 2.05) is 31.2 Å². The number of ketones is 1. The third kappa shape index (κ3) is 5.35. The summed E-state index contributed by atoms with van der Waals surface area (Å²) >= 11 is 0. The number of morpholine rings is 1. The highest BCUT2D eigenvalue weighted by Crippen LogP contribution is 2.36. The van der Waals surface area contributed by atoms with Crippen LogP contribution >= 0.6 is 0 Å². The van der Waals surface area contributed by atoms with Crippen LogP contribution in [-0.4, -0.2) is 60.9 Å². The molecule has 2 aliphatic rings. The molecule has 8 heteroatoms. The highest BCUT2D eigenvalue weighted by Gasteiger charge is 2.30. The van der Waals surface area contributed by atoms with Gasteiger partial charge in [0.1, 0.15) is 6.10 Å². The van der Waals surface area contributed by atoms with E-state index >= 15 is 0 Å². The van der Waals surface area contributed by atoms with E-state index in [-0.39, 0.29) is 36.2 Å². The van der Waals surface area contributed by atoms with Crippen LogP contribution < -0.4 is 5.32 Å². The number of benzene rings is 3. The van der Waals surface area contributed by atoms with Crippen molar-refractivity contribution in [3.8, 4) is 11.1 Å². The van der Waals surface area contributed by atoms with Gasteiger partial charge in [0.05, 0.1) is 18.6 Å². The second-order valence-corrected chi connectivity index (χ2v) is 9.31. The molecule has 1 N–H and O–H groups in total. The van der Waals surface area contributed by atoms with Crippen LogP contribution in [0.3, 0.4) is 0 Å². The average molecular weight is 513 g/mol. The summed E-state index contributed by atoms with van der Waals surface area (Å²) in [6.07, 6.45) is -0.108. The van der Waals surface area contributed by atoms with Gasteiger partial charge in [-0.15, -0.1) is 0 Å². The van der Waals surface area contributed by atoms with Crippen molar-refractivity contribution in [2.24, 2.45) is 0 Å². The summed E-state index contributed by atoms with van der Waals surface area (Å²) < 4.78 is 10.7. The van der Waals surface area contributed by atoms with E-state index in [0.29, 0.717) is 30.9 Å². The molecule has 1 aliphatic carbocycles. The largest absolute Gasteiger partial charge is 0.454 e. The van der Waals surface area contributed by atoms with Crippen LogP contribution in [0.4, 0.5) is 5.69 Å². The van der Waals surface area contributed by atoms with E-state index in [1.165, 1.54) is 23.3 Å². The summed E-state index contributed by atoms with van der Waals surface area (Å²) in [5.41, 5.74) is 5.86. The average Bonchev–Trinajstić information content (AvgIpc) is 3.31. The molecule has 0 spiro atoms. The SMILES string of the molecule is CCN1CCOC(CC(=O)Nc2ccc(C(=O)OCC(=O)c3ccc4c(c3)Cc3ccccc3-4)cc2)C1=O. The van der Waals surface area contributed by atoms with Gasteiger partial charge in [-0.3, -0.25) is 14.4 Å². The minimum Gasteiger partial charge on any atom is -0.454 e. The number of hydrogen-bond donors (Lipinski definition) is 1. The Kier molecular flexibility index (Phi) is 7.33. The maximum Gasteiger partial charge on any atom is 0.338 e. The van der Waals surface area contributed by atoms with E-state index < -0.39 is 12.1 Å². The van der Waals surface area contributed by atoms with Gasteiger partial charge in [-0.05, 0) is 65.9 Å². The summed E-state index contributed by atoms with van der Waals surface area (Å²) in [4.78, 5) is 51.5. The van der Waals surface area contributed by atoms with Gasteiger partial charge in [-0.25, -0.2) is 4.79 Å². The van der Waals surface area contributed by atoms with Crippen LogP contribution in [0.25, 0.3) is 11.1 Å². The normalized spacial score (nSPS) is 16.0. The van der Waals surface area contributed by atoms with Gasteiger partial charge in [0.25, 0.3) is 5.91 Å². The molecule has 38 heavy (non-hydrogen) atoms. The Morgan fingerprint density at radius 2 is 1.71 bits per heavy atom. The number of likely N-dealkylation sites (N-methyl/N-ethyl adjacent to an activating group) is 1. The molecule has 8 nitrogen and oxygen atoms in total. The predicted octanol–water partition coefficient (Wildman–Crippen LogP) is 3.87. The minimum absolute atomic E-state index is 0.0873. The fourth-order valence-electron chi connectivity index (χ4n) is 4.84. The number of amides is 2. The number of rotatable bonds is 8. The Morgan fingerprint density at radius 1 is 0.974 bits per heavy atom. The van der Waals surface area contributed by atoms with Crippen molar-refractivity contribution in [2.45, 2.75) is 25.9 Å². The molecule has 1 saturated heterocycles. The van der Waals surface area contributed by atoms with Gasteiger partial charge >= 0.3 is 5.97 Å². The highest BCUT2D eigenvalue weighted by atomic mass is 16.5. The molecule has 1 atom stereocenters. The molecule has 1 heterocycles. The second-order valence-electron chi connectivity index (χ2n) is 9.31. The number of nitrogens with zero attached hydrogens (tertiary/aromatic N) is 1. The first kappa shape index (κ1) is 25.4. The first-order chi connectivity index (χ1) is 18.4. The Morgan fingerprint density at radius 3 is 2.50 bits per heavy atom. The maximum absolute atomic E-state index is 12.7. The van der Waals surface area contributed by atoms with E-state index in [2.05, 4.69) is 17.4 Å². The Hall–Kier alpha value is -4.30. The third-order valence-corrected chi connectivity index (χ3v) is 6.87. The summed E-state index contributed by atoms with van der Waals surface area (Å²) in [5.74, 6) is -1.46. The van der Waals surface area contributed by atoms with Crippen molar-refractivity contribution in [3.63, 3.8) is 0 Å². The molecule has 1 fully saturated rings. The van der Waals surface area contributed by atoms with Gasteiger partial charge in [0, 0.05) is 24.3 Å². The fraction of sp³-hybridized carbons (Fsp3) is 0.267. The first-order valence-corrected chi connectivity index (χ1v) is 12.6. The molecule has 1 unspecified atom stereocenters. The van der Waals surface area contributed by atoms with Crippen molar-refractivity contribution in [1.29, 1.82) is 0 Å². The molecule has 2 amide bonds. The Balaban J connectivity index is 1.12. The standard InChI is InChI=1S/C30H28N2O6/c1-2-32-13-14-37-27(29(32)35)17-28(34)31-23-10-7-19(8-11-23)30(36)38-18-26(33)21-9-12-25-22(16-21)15-20-5-3-4-6-24(20)25/h3-12,16,27H,2,13-15,17-18H2,1H3,(H,31,34). The maximum atomic E-state index is 12.7. The lowest BCUT2D eigenvalue weighted by molar-refractivity contribution is -0.154. The minimum atomic E-state index is -0.795. The van der Waals surface area contributed by atoms with Crippen molar-refractivity contribution in [3.05, 3.63) is 89.0 Å². The predicted molar refractivity (Wildman–Crippen MR) is 141 cm³/mol. The lowest BCUT2D eigenvalue weighted by Gasteiger charge is -2.31. The molecule has 0 radical (unpaired) electrons. The lowest BCUT2D eigenvalue weighted by atomic mass is 10.0. The molecule has 0 saturated carbocycles. The van der Waals surface area contributed by atoms with Crippen LogP contribution in [0.1, 0.15) is 45.2 Å². The quantitative estimate of drug-likeness (QED) is 0.284. The topological polar surface area (TPSA) is 102 Å². The number of carbonyl (C=O) groups is 4. The summed E-state index contributed by atoms with van der Waals surface area (Å²) in [6.45, 7) is 3.02. The highest BCUT2D eigenvalue weighted by molar-refractivity contribution is 6.00. The van der Waals surface area contributed by atoms with Gasteiger partial charge in [0.15, 0.2) is 12.4 Å². The summed E-state index contributed by atoms with van der Waals surface area (Å²) in [7, 11) is 0. The molecule has 194 valence electrons. The van der Waals surface area contributed by atoms with Crippen LogP contribution in [0.15, 0.2) is 66.7 Å². The molecule has 0 aromatic heterocycles. The van der Waals surface area contributed by atoms with E-state index in [4.69, 9.17) is 9.47 Å². The molecular weight excluding hydrogens is 484 g/mol. The van der Waals surface area contributed by atoms with Gasteiger partial charge in [-0.2, -0.15) is 0 Å². The summed E-state index contributed by atoms with van der Waals surface area (Å²) in [5, 5.41) is 2.71. The van der Waals surface area contributed by atoms with Crippen LogP contribution in [-0.2, 0) is 25.5 Å².